The summed E-state index contributed by atoms with van der Waals surface area (Å²) in [6.45, 7) is 2.88. The molecule has 0 bridgehead atoms. The fraction of sp³-hybridized carbons (Fsp3) is 0.636. The highest BCUT2D eigenvalue weighted by Crippen LogP contribution is 2.26. The van der Waals surface area contributed by atoms with E-state index in [9.17, 15) is 8.42 Å². The Kier molecular flexibility index (Phi) is 3.89. The lowest BCUT2D eigenvalue weighted by atomic mass is 9.99. The lowest BCUT2D eigenvalue weighted by molar-refractivity contribution is 0.311. The molecule has 0 amide bonds. The summed E-state index contributed by atoms with van der Waals surface area (Å²) in [4.78, 5) is 8.56. The van der Waals surface area contributed by atoms with Crippen molar-refractivity contribution in [2.45, 2.75) is 25.7 Å². The predicted octanol–water partition coefficient (Wildman–Crippen LogP) is 1.58. The molecule has 7 heteroatoms. The van der Waals surface area contributed by atoms with Crippen LogP contribution in [0, 0.1) is 6.92 Å². The third kappa shape index (κ3) is 3.18. The smallest absolute Gasteiger partial charge is 0.211 e. The zero-order valence-electron chi connectivity index (χ0n) is 10.4. The van der Waals surface area contributed by atoms with Gasteiger partial charge in [-0.2, -0.15) is 0 Å². The first-order valence-corrected chi connectivity index (χ1v) is 8.05. The predicted molar refractivity (Wildman–Crippen MR) is 70.2 cm³/mol. The molecule has 0 saturated carbocycles. The molecule has 2 heterocycles. The van der Waals surface area contributed by atoms with Gasteiger partial charge in [0.05, 0.1) is 6.26 Å². The van der Waals surface area contributed by atoms with Crippen molar-refractivity contribution in [3.8, 4) is 0 Å². The number of rotatable bonds is 2. The summed E-state index contributed by atoms with van der Waals surface area (Å²) in [5.41, 5.74) is 0.807. The quantitative estimate of drug-likeness (QED) is 0.776. The summed E-state index contributed by atoms with van der Waals surface area (Å²) in [7, 11) is -3.14. The van der Waals surface area contributed by atoms with Gasteiger partial charge in [-0.05, 0) is 25.8 Å². The zero-order chi connectivity index (χ0) is 13.3. The van der Waals surface area contributed by atoms with Gasteiger partial charge in [0.2, 0.25) is 10.0 Å². The molecule has 1 aromatic heterocycles. The van der Waals surface area contributed by atoms with Crippen LogP contribution >= 0.6 is 11.6 Å². The minimum absolute atomic E-state index is 0.0332. The second-order valence-corrected chi connectivity index (χ2v) is 7.02. The van der Waals surface area contributed by atoms with Gasteiger partial charge in [0.1, 0.15) is 11.0 Å². The van der Waals surface area contributed by atoms with Crippen LogP contribution in [0.4, 0.5) is 0 Å². The first-order chi connectivity index (χ1) is 8.36. The van der Waals surface area contributed by atoms with Crippen molar-refractivity contribution in [1.82, 2.24) is 14.3 Å². The minimum atomic E-state index is -3.14. The van der Waals surface area contributed by atoms with E-state index in [4.69, 9.17) is 11.6 Å². The van der Waals surface area contributed by atoms with Crippen LogP contribution in [-0.2, 0) is 10.0 Å². The Labute approximate surface area is 112 Å². The second-order valence-electron chi connectivity index (χ2n) is 4.65. The molecule has 0 aliphatic carbocycles. The van der Waals surface area contributed by atoms with Gasteiger partial charge in [0, 0.05) is 24.7 Å². The van der Waals surface area contributed by atoms with Crippen molar-refractivity contribution < 1.29 is 8.42 Å². The zero-order valence-corrected chi connectivity index (χ0v) is 12.0. The largest absolute Gasteiger partial charge is 0.238 e. The van der Waals surface area contributed by atoms with E-state index in [1.54, 1.807) is 6.07 Å². The Bertz CT molecular complexity index is 527. The number of halogens is 1. The van der Waals surface area contributed by atoms with Crippen LogP contribution in [0.2, 0.25) is 5.15 Å². The van der Waals surface area contributed by atoms with Crippen LogP contribution in [0.15, 0.2) is 6.07 Å². The highest BCUT2D eigenvalue weighted by molar-refractivity contribution is 7.88. The molecule has 1 aromatic rings. The van der Waals surface area contributed by atoms with Crippen LogP contribution in [0.25, 0.3) is 0 Å². The molecular formula is C11H16ClN3O2S. The molecule has 1 atom stereocenters. The lowest BCUT2D eigenvalue weighted by Crippen LogP contribution is -2.38. The summed E-state index contributed by atoms with van der Waals surface area (Å²) >= 11 is 5.91. The fourth-order valence-corrected chi connectivity index (χ4v) is 3.34. The molecule has 1 aliphatic heterocycles. The number of hydrogen-bond acceptors (Lipinski definition) is 4. The molecule has 0 N–H and O–H groups in total. The topological polar surface area (TPSA) is 63.2 Å². The molecule has 2 rings (SSSR count). The van der Waals surface area contributed by atoms with Crippen LogP contribution in [0.1, 0.15) is 30.3 Å². The normalized spacial score (nSPS) is 22.1. The van der Waals surface area contributed by atoms with E-state index in [1.807, 2.05) is 6.92 Å². The standard InChI is InChI=1S/C11H16ClN3O2S/c1-8-6-10(12)14-11(13-8)9-4-3-5-15(7-9)18(2,16)17/h6,9H,3-5,7H2,1-2H3. The van der Waals surface area contributed by atoms with Crippen LogP contribution in [0.3, 0.4) is 0 Å². The molecular weight excluding hydrogens is 274 g/mol. The first-order valence-electron chi connectivity index (χ1n) is 5.82. The maximum atomic E-state index is 11.6. The maximum Gasteiger partial charge on any atom is 0.211 e. The maximum absolute atomic E-state index is 11.6. The number of aryl methyl sites for hydroxylation is 1. The number of aromatic nitrogens is 2. The monoisotopic (exact) mass is 289 g/mol. The Morgan fingerprint density at radius 3 is 2.78 bits per heavy atom. The third-order valence-corrected chi connectivity index (χ3v) is 4.52. The number of nitrogens with zero attached hydrogens (tertiary/aromatic N) is 3. The summed E-state index contributed by atoms with van der Waals surface area (Å²) in [6, 6.07) is 1.70. The Balaban J connectivity index is 2.23. The lowest BCUT2D eigenvalue weighted by Gasteiger charge is -2.30. The van der Waals surface area contributed by atoms with Crippen molar-refractivity contribution >= 4 is 21.6 Å². The van der Waals surface area contributed by atoms with E-state index in [0.29, 0.717) is 24.1 Å². The summed E-state index contributed by atoms with van der Waals surface area (Å²) < 4.78 is 24.6. The highest BCUT2D eigenvalue weighted by atomic mass is 35.5. The average Bonchev–Trinajstić information content (AvgIpc) is 2.27. The Morgan fingerprint density at radius 1 is 1.44 bits per heavy atom. The van der Waals surface area contributed by atoms with Crippen molar-refractivity contribution in [2.75, 3.05) is 19.3 Å². The summed E-state index contributed by atoms with van der Waals surface area (Å²) in [5.74, 6) is 0.680. The molecule has 18 heavy (non-hydrogen) atoms. The fourth-order valence-electron chi connectivity index (χ4n) is 2.19. The molecule has 1 saturated heterocycles. The van der Waals surface area contributed by atoms with Gasteiger partial charge in [-0.25, -0.2) is 22.7 Å². The highest BCUT2D eigenvalue weighted by Gasteiger charge is 2.28. The van der Waals surface area contributed by atoms with Crippen molar-refractivity contribution in [3.05, 3.63) is 22.7 Å². The number of sulfonamides is 1. The van der Waals surface area contributed by atoms with Crippen molar-refractivity contribution in [3.63, 3.8) is 0 Å². The summed E-state index contributed by atoms with van der Waals surface area (Å²) in [6.07, 6.45) is 2.96. The van der Waals surface area contributed by atoms with E-state index >= 15 is 0 Å². The molecule has 0 aromatic carbocycles. The van der Waals surface area contributed by atoms with Gasteiger partial charge in [-0.3, -0.25) is 0 Å². The minimum Gasteiger partial charge on any atom is -0.238 e. The van der Waals surface area contributed by atoms with E-state index in [1.165, 1.54) is 10.6 Å². The Hall–Kier alpha value is -0.720. The van der Waals surface area contributed by atoms with Gasteiger partial charge in [-0.1, -0.05) is 11.6 Å². The van der Waals surface area contributed by atoms with E-state index in [0.717, 1.165) is 18.5 Å². The second kappa shape index (κ2) is 5.11. The van der Waals surface area contributed by atoms with Crippen LogP contribution < -0.4 is 0 Å². The third-order valence-electron chi connectivity index (χ3n) is 3.06. The van der Waals surface area contributed by atoms with Gasteiger partial charge >= 0.3 is 0 Å². The molecule has 1 aliphatic rings. The molecule has 1 fully saturated rings. The van der Waals surface area contributed by atoms with E-state index in [-0.39, 0.29) is 5.92 Å². The summed E-state index contributed by atoms with van der Waals surface area (Å²) in [5, 5.41) is 0.411. The number of piperidine rings is 1. The van der Waals surface area contributed by atoms with Gasteiger partial charge < -0.3 is 0 Å². The van der Waals surface area contributed by atoms with Gasteiger partial charge in [0.25, 0.3) is 0 Å². The molecule has 0 radical (unpaired) electrons. The molecule has 1 unspecified atom stereocenters. The van der Waals surface area contributed by atoms with Crippen LogP contribution in [0.5, 0.6) is 0 Å². The van der Waals surface area contributed by atoms with E-state index in [2.05, 4.69) is 9.97 Å². The van der Waals surface area contributed by atoms with Crippen molar-refractivity contribution in [1.29, 1.82) is 0 Å². The molecule has 0 spiro atoms. The average molecular weight is 290 g/mol. The number of hydrogen-bond donors (Lipinski definition) is 0. The van der Waals surface area contributed by atoms with Crippen LogP contribution in [-0.4, -0.2) is 42.0 Å². The first kappa shape index (κ1) is 13.7. The SMILES string of the molecule is Cc1cc(Cl)nc(C2CCCN(S(C)(=O)=O)C2)n1. The van der Waals surface area contributed by atoms with Crippen molar-refractivity contribution in [2.24, 2.45) is 0 Å². The molecule has 5 nitrogen and oxygen atoms in total. The van der Waals surface area contributed by atoms with Gasteiger partial charge in [0.15, 0.2) is 0 Å². The Morgan fingerprint density at radius 2 is 2.17 bits per heavy atom. The molecule has 100 valence electrons. The van der Waals surface area contributed by atoms with E-state index < -0.39 is 10.0 Å². The van der Waals surface area contributed by atoms with Gasteiger partial charge in [-0.15, -0.1) is 0 Å².